The van der Waals surface area contributed by atoms with Crippen molar-refractivity contribution in [2.45, 2.75) is 39.0 Å². The Kier molecular flexibility index (Phi) is 3.86. The van der Waals surface area contributed by atoms with Crippen molar-refractivity contribution in [1.29, 1.82) is 0 Å². The van der Waals surface area contributed by atoms with Gasteiger partial charge in [-0.2, -0.15) is 0 Å². The Bertz CT molecular complexity index is 424. The fourth-order valence-corrected chi connectivity index (χ4v) is 1.73. The minimum Gasteiger partial charge on any atom is -0.258 e. The molecule has 1 unspecified atom stereocenters. The van der Waals surface area contributed by atoms with E-state index in [0.717, 1.165) is 0 Å². The summed E-state index contributed by atoms with van der Waals surface area (Å²) < 4.78 is 12.6. The van der Waals surface area contributed by atoms with Crippen LogP contribution in [-0.4, -0.2) is 11.6 Å². The molecule has 0 saturated heterocycles. The number of hydrogen-bond acceptors (Lipinski definition) is 2. The Morgan fingerprint density at radius 1 is 1.41 bits per heavy atom. The third-order valence-electron chi connectivity index (χ3n) is 2.83. The summed E-state index contributed by atoms with van der Waals surface area (Å²) in [5, 5.41) is 11.0. The maximum absolute atomic E-state index is 12.6. The molecule has 1 aromatic carbocycles. The van der Waals surface area contributed by atoms with Crippen molar-refractivity contribution in [3.8, 4) is 0 Å². The molecule has 0 N–H and O–H groups in total. The van der Waals surface area contributed by atoms with E-state index in [1.807, 2.05) is 20.8 Å². The lowest BCUT2D eigenvalue weighted by atomic mass is 9.84. The van der Waals surface area contributed by atoms with Crippen molar-refractivity contribution in [1.82, 2.24) is 0 Å². The molecule has 0 aliphatic heterocycles. The van der Waals surface area contributed by atoms with Gasteiger partial charge in [-0.05, 0) is 11.0 Å². The van der Waals surface area contributed by atoms with Crippen molar-refractivity contribution in [3.63, 3.8) is 0 Å². The summed E-state index contributed by atoms with van der Waals surface area (Å²) in [5.41, 5.74) is 1.14. The number of nitrogens with zero attached hydrogens (tertiary/aromatic N) is 1. The molecule has 0 bridgehead atoms. The molecule has 17 heavy (non-hydrogen) atoms. The number of alkyl halides is 1. The minimum atomic E-state index is -0.508. The van der Waals surface area contributed by atoms with Gasteiger partial charge in [-0.3, -0.25) is 14.5 Å². The summed E-state index contributed by atoms with van der Waals surface area (Å²) in [7, 11) is 0. The van der Waals surface area contributed by atoms with Crippen molar-refractivity contribution in [3.05, 3.63) is 39.4 Å². The minimum absolute atomic E-state index is 0.0790. The summed E-state index contributed by atoms with van der Waals surface area (Å²) in [6.07, 6.45) is 0. The first-order valence-corrected chi connectivity index (χ1v) is 5.62. The van der Waals surface area contributed by atoms with Gasteiger partial charge >= 0.3 is 0 Å². The summed E-state index contributed by atoms with van der Waals surface area (Å²) >= 11 is 0. The highest BCUT2D eigenvalue weighted by Crippen LogP contribution is 2.33. The van der Waals surface area contributed by atoms with Crippen molar-refractivity contribution in [2.75, 3.05) is 6.67 Å². The molecular weight excluding hydrogens is 221 g/mol. The Morgan fingerprint density at radius 2 is 2.00 bits per heavy atom. The second kappa shape index (κ2) is 4.82. The van der Waals surface area contributed by atoms with E-state index in [9.17, 15) is 14.5 Å². The summed E-state index contributed by atoms with van der Waals surface area (Å²) in [5.74, 6) is -0.303. The highest BCUT2D eigenvalue weighted by atomic mass is 19.1. The third kappa shape index (κ3) is 3.02. The fourth-order valence-electron chi connectivity index (χ4n) is 1.73. The van der Waals surface area contributed by atoms with Crippen LogP contribution in [0.2, 0.25) is 0 Å². The number of benzene rings is 1. The molecule has 1 atom stereocenters. The highest BCUT2D eigenvalue weighted by Gasteiger charge is 2.25. The van der Waals surface area contributed by atoms with Gasteiger partial charge < -0.3 is 0 Å². The predicted octanol–water partition coefficient (Wildman–Crippen LogP) is 3.97. The van der Waals surface area contributed by atoms with E-state index in [1.54, 1.807) is 19.1 Å². The van der Waals surface area contributed by atoms with Gasteiger partial charge in [0.1, 0.15) is 0 Å². The normalized spacial score (nSPS) is 13.5. The quantitative estimate of drug-likeness (QED) is 0.591. The zero-order valence-corrected chi connectivity index (χ0v) is 10.7. The Hall–Kier alpha value is -1.45. The van der Waals surface area contributed by atoms with Gasteiger partial charge in [-0.15, -0.1) is 0 Å². The van der Waals surface area contributed by atoms with Gasteiger partial charge in [0.2, 0.25) is 0 Å². The summed E-state index contributed by atoms with van der Waals surface area (Å²) in [6, 6.07) is 5.00. The monoisotopic (exact) mass is 239 g/mol. The Morgan fingerprint density at radius 3 is 2.41 bits per heavy atom. The molecule has 0 amide bonds. The fraction of sp³-hybridized carbons (Fsp3) is 0.538. The molecule has 0 aliphatic rings. The molecule has 0 aliphatic carbocycles. The average molecular weight is 239 g/mol. The third-order valence-corrected chi connectivity index (χ3v) is 2.83. The summed E-state index contributed by atoms with van der Waals surface area (Å²) in [4.78, 5) is 10.6. The number of rotatable bonds is 3. The predicted molar refractivity (Wildman–Crippen MR) is 66.2 cm³/mol. The van der Waals surface area contributed by atoms with Crippen LogP contribution in [0.1, 0.15) is 44.7 Å². The van der Waals surface area contributed by atoms with Crippen LogP contribution >= 0.6 is 0 Å². The molecular formula is C13H18FNO2. The van der Waals surface area contributed by atoms with Gasteiger partial charge in [0, 0.05) is 17.5 Å². The van der Waals surface area contributed by atoms with E-state index in [2.05, 4.69) is 0 Å². The van der Waals surface area contributed by atoms with Gasteiger partial charge in [0.25, 0.3) is 5.69 Å². The SMILES string of the molecule is CC(CF)c1ccc(C(C)(C)C)c([N+](=O)[O-])c1. The van der Waals surface area contributed by atoms with Crippen LogP contribution in [0.15, 0.2) is 18.2 Å². The molecule has 0 fully saturated rings. The topological polar surface area (TPSA) is 43.1 Å². The second-order valence-electron chi connectivity index (χ2n) is 5.34. The van der Waals surface area contributed by atoms with Crippen LogP contribution < -0.4 is 0 Å². The van der Waals surface area contributed by atoms with Crippen LogP contribution in [-0.2, 0) is 5.41 Å². The van der Waals surface area contributed by atoms with Gasteiger partial charge in [0.15, 0.2) is 0 Å². The van der Waals surface area contributed by atoms with E-state index in [0.29, 0.717) is 11.1 Å². The van der Waals surface area contributed by atoms with Crippen molar-refractivity contribution < 1.29 is 9.31 Å². The van der Waals surface area contributed by atoms with Crippen LogP contribution in [0.3, 0.4) is 0 Å². The zero-order chi connectivity index (χ0) is 13.2. The molecule has 94 valence electrons. The van der Waals surface area contributed by atoms with E-state index in [4.69, 9.17) is 0 Å². The molecule has 1 aromatic rings. The number of nitro groups is 1. The Labute approximate surface area is 101 Å². The molecule has 0 heterocycles. The molecule has 1 rings (SSSR count). The lowest BCUT2D eigenvalue weighted by molar-refractivity contribution is -0.386. The largest absolute Gasteiger partial charge is 0.273 e. The van der Waals surface area contributed by atoms with Crippen LogP contribution in [0.5, 0.6) is 0 Å². The molecule has 0 saturated carbocycles. The number of halogens is 1. The molecule has 0 radical (unpaired) electrons. The van der Waals surface area contributed by atoms with Gasteiger partial charge in [0.05, 0.1) is 11.6 Å². The maximum Gasteiger partial charge on any atom is 0.273 e. The molecule has 3 nitrogen and oxygen atoms in total. The van der Waals surface area contributed by atoms with Gasteiger partial charge in [-0.1, -0.05) is 39.8 Å². The smallest absolute Gasteiger partial charge is 0.258 e. The highest BCUT2D eigenvalue weighted by molar-refractivity contribution is 5.47. The molecule has 0 aromatic heterocycles. The zero-order valence-electron chi connectivity index (χ0n) is 10.7. The summed E-state index contributed by atoms with van der Waals surface area (Å²) in [6.45, 7) is 6.98. The second-order valence-corrected chi connectivity index (χ2v) is 5.34. The first-order chi connectivity index (χ1) is 7.77. The van der Waals surface area contributed by atoms with Crippen LogP contribution in [0, 0.1) is 10.1 Å². The van der Waals surface area contributed by atoms with E-state index in [-0.39, 0.29) is 17.0 Å². The van der Waals surface area contributed by atoms with Crippen LogP contribution in [0.4, 0.5) is 10.1 Å². The standard InChI is InChI=1S/C13H18FNO2/c1-9(8-14)10-5-6-11(13(2,3)4)12(7-10)15(16)17/h5-7,9H,8H2,1-4H3. The van der Waals surface area contributed by atoms with E-state index in [1.165, 1.54) is 6.07 Å². The Balaban J connectivity index is 3.32. The molecule has 0 spiro atoms. The molecule has 4 heteroatoms. The number of nitro benzene ring substituents is 1. The number of hydrogen-bond donors (Lipinski definition) is 0. The van der Waals surface area contributed by atoms with Crippen molar-refractivity contribution in [2.24, 2.45) is 0 Å². The van der Waals surface area contributed by atoms with Gasteiger partial charge in [-0.25, -0.2) is 0 Å². The maximum atomic E-state index is 12.6. The first kappa shape index (κ1) is 13.6. The average Bonchev–Trinajstić information content (AvgIpc) is 2.25. The van der Waals surface area contributed by atoms with E-state index >= 15 is 0 Å². The first-order valence-electron chi connectivity index (χ1n) is 5.62. The lowest BCUT2D eigenvalue weighted by Gasteiger charge is -2.20. The van der Waals surface area contributed by atoms with Crippen LogP contribution in [0.25, 0.3) is 0 Å². The lowest BCUT2D eigenvalue weighted by Crippen LogP contribution is -2.14. The van der Waals surface area contributed by atoms with E-state index < -0.39 is 11.6 Å². The van der Waals surface area contributed by atoms with Crippen molar-refractivity contribution >= 4 is 5.69 Å².